The van der Waals surface area contributed by atoms with Gasteiger partial charge < -0.3 is 10.2 Å². The van der Waals surface area contributed by atoms with Crippen LogP contribution < -0.4 is 9.62 Å². The molecule has 9 heteroatoms. The summed E-state index contributed by atoms with van der Waals surface area (Å²) in [4.78, 5) is 30.3. The van der Waals surface area contributed by atoms with Crippen LogP contribution in [0.4, 0.5) is 5.69 Å². The molecule has 4 aromatic carbocycles. The summed E-state index contributed by atoms with van der Waals surface area (Å²) in [6.07, 6.45) is 5.28. The summed E-state index contributed by atoms with van der Waals surface area (Å²) in [5, 5.41) is 3.73. The molecule has 240 valence electrons. The third-order valence-corrected chi connectivity index (χ3v) is 10.4. The van der Waals surface area contributed by atoms with E-state index in [1.54, 1.807) is 72.8 Å². The molecule has 0 spiro atoms. The van der Waals surface area contributed by atoms with Crippen LogP contribution in [0.15, 0.2) is 114 Å². The number of rotatable bonds is 12. The molecule has 1 aliphatic rings. The van der Waals surface area contributed by atoms with Crippen LogP contribution in [0.3, 0.4) is 0 Å². The largest absolute Gasteiger partial charge is 0.352 e. The molecule has 0 aliphatic heterocycles. The molecule has 0 heterocycles. The van der Waals surface area contributed by atoms with Crippen molar-refractivity contribution in [2.45, 2.75) is 69.0 Å². The summed E-state index contributed by atoms with van der Waals surface area (Å²) in [6, 6.07) is 31.0. The highest BCUT2D eigenvalue weighted by Crippen LogP contribution is 2.26. The van der Waals surface area contributed by atoms with Crippen molar-refractivity contribution < 1.29 is 18.0 Å². The van der Waals surface area contributed by atoms with Gasteiger partial charge in [0.25, 0.3) is 10.0 Å². The average molecular weight is 658 g/mol. The fourth-order valence-corrected chi connectivity index (χ4v) is 7.52. The Morgan fingerprint density at radius 3 is 2.11 bits per heavy atom. The Bertz CT molecular complexity index is 1710. The molecule has 0 radical (unpaired) electrons. The monoisotopic (exact) mass is 657 g/mol. The van der Waals surface area contributed by atoms with E-state index in [0.717, 1.165) is 53.1 Å². The van der Waals surface area contributed by atoms with Gasteiger partial charge >= 0.3 is 0 Å². The molecular weight excluding hydrogens is 618 g/mol. The number of hydrogen-bond acceptors (Lipinski definition) is 4. The molecule has 1 unspecified atom stereocenters. The van der Waals surface area contributed by atoms with Crippen molar-refractivity contribution in [3.05, 3.63) is 131 Å². The molecule has 0 bridgehead atoms. The number of nitrogens with one attached hydrogen (secondary N) is 1. The maximum Gasteiger partial charge on any atom is 0.264 e. The third-order valence-electron chi connectivity index (χ3n) is 8.40. The van der Waals surface area contributed by atoms with E-state index in [0.29, 0.717) is 10.7 Å². The Balaban J connectivity index is 1.55. The molecule has 1 N–H and O–H groups in total. The SMILES string of the molecule is Cc1ccc(S(=O)(=O)N(CC(=O)N(Cc2cccc(Cl)c2)C(Cc2ccccc2)C(=O)NC2CCCCC2)c2ccccc2)cc1. The third kappa shape index (κ3) is 8.56. The van der Waals surface area contributed by atoms with E-state index in [4.69, 9.17) is 11.6 Å². The molecule has 2 amide bonds. The summed E-state index contributed by atoms with van der Waals surface area (Å²) < 4.78 is 29.4. The molecular formula is C37H40ClN3O4S. The standard InChI is InChI=1S/C37H40ClN3O4S/c1-28-20-22-34(23-21-28)46(44,45)41(33-18-9-4-10-19-33)27-36(42)40(26-30-14-11-15-31(38)24-30)35(25-29-12-5-2-6-13-29)37(43)39-32-16-7-3-8-17-32/h2,4-6,9-15,18-24,32,35H,3,7-8,16-17,25-27H2,1H3,(H,39,43). The molecule has 4 aromatic rings. The smallest absolute Gasteiger partial charge is 0.264 e. The fourth-order valence-electron chi connectivity index (χ4n) is 5.89. The van der Waals surface area contributed by atoms with Crippen LogP contribution in [0.5, 0.6) is 0 Å². The number of carbonyl (C=O) groups excluding carboxylic acids is 2. The number of nitrogens with zero attached hydrogens (tertiary/aromatic N) is 2. The highest BCUT2D eigenvalue weighted by atomic mass is 35.5. The van der Waals surface area contributed by atoms with Crippen LogP contribution in [0, 0.1) is 6.92 Å². The minimum atomic E-state index is -4.14. The number of amides is 2. The van der Waals surface area contributed by atoms with Gasteiger partial charge in [-0.1, -0.05) is 109 Å². The van der Waals surface area contributed by atoms with Crippen LogP contribution >= 0.6 is 11.6 Å². The first kappa shape index (κ1) is 33.2. The lowest BCUT2D eigenvalue weighted by Crippen LogP contribution is -2.55. The van der Waals surface area contributed by atoms with Crippen molar-refractivity contribution >= 4 is 39.1 Å². The van der Waals surface area contributed by atoms with Crippen LogP contribution in [-0.4, -0.2) is 43.8 Å². The van der Waals surface area contributed by atoms with Gasteiger partial charge in [0.15, 0.2) is 0 Å². The quantitative estimate of drug-likeness (QED) is 0.179. The lowest BCUT2D eigenvalue weighted by molar-refractivity contribution is -0.140. The Labute approximate surface area is 277 Å². The van der Waals surface area contributed by atoms with Crippen LogP contribution in [0.2, 0.25) is 5.02 Å². The molecule has 7 nitrogen and oxygen atoms in total. The second kappa shape index (κ2) is 15.4. The van der Waals surface area contributed by atoms with Crippen LogP contribution in [0.25, 0.3) is 0 Å². The number of hydrogen-bond donors (Lipinski definition) is 1. The van der Waals surface area contributed by atoms with E-state index >= 15 is 0 Å². The van der Waals surface area contributed by atoms with Crippen molar-refractivity contribution in [2.24, 2.45) is 0 Å². The van der Waals surface area contributed by atoms with Gasteiger partial charge in [0, 0.05) is 24.0 Å². The summed E-state index contributed by atoms with van der Waals surface area (Å²) in [6.45, 7) is 1.46. The van der Waals surface area contributed by atoms with E-state index in [1.807, 2.05) is 43.3 Å². The predicted molar refractivity (Wildman–Crippen MR) is 183 cm³/mol. The second-order valence-electron chi connectivity index (χ2n) is 11.9. The molecule has 5 rings (SSSR count). The van der Waals surface area contributed by atoms with E-state index in [9.17, 15) is 18.0 Å². The first-order chi connectivity index (χ1) is 22.2. The number of anilines is 1. The van der Waals surface area contributed by atoms with Gasteiger partial charge in [0.2, 0.25) is 11.8 Å². The minimum Gasteiger partial charge on any atom is -0.352 e. The molecule has 0 saturated heterocycles. The van der Waals surface area contributed by atoms with E-state index in [2.05, 4.69) is 5.32 Å². The molecule has 1 aliphatic carbocycles. The van der Waals surface area contributed by atoms with Gasteiger partial charge in [-0.3, -0.25) is 13.9 Å². The molecule has 1 fully saturated rings. The molecule has 46 heavy (non-hydrogen) atoms. The fraction of sp³-hybridized carbons (Fsp3) is 0.297. The van der Waals surface area contributed by atoms with Gasteiger partial charge in [-0.2, -0.15) is 0 Å². The van der Waals surface area contributed by atoms with Gasteiger partial charge in [-0.25, -0.2) is 8.42 Å². The molecule has 1 saturated carbocycles. The van der Waals surface area contributed by atoms with Crippen LogP contribution in [-0.2, 0) is 32.6 Å². The van der Waals surface area contributed by atoms with Crippen LogP contribution in [0.1, 0.15) is 48.8 Å². The van der Waals surface area contributed by atoms with E-state index in [-0.39, 0.29) is 29.8 Å². The molecule has 0 aromatic heterocycles. The number of para-hydroxylation sites is 1. The zero-order valence-electron chi connectivity index (χ0n) is 26.0. The van der Waals surface area contributed by atoms with Crippen molar-refractivity contribution in [1.82, 2.24) is 10.2 Å². The first-order valence-electron chi connectivity index (χ1n) is 15.7. The number of benzene rings is 4. The lowest BCUT2D eigenvalue weighted by atomic mass is 9.94. The van der Waals surface area contributed by atoms with Gasteiger partial charge in [0.1, 0.15) is 12.6 Å². The zero-order chi connectivity index (χ0) is 32.5. The van der Waals surface area contributed by atoms with E-state index < -0.39 is 28.5 Å². The summed E-state index contributed by atoms with van der Waals surface area (Å²) in [5.41, 5.74) is 2.89. The Hall–Kier alpha value is -4.14. The van der Waals surface area contributed by atoms with Gasteiger partial charge in [0.05, 0.1) is 10.6 Å². The van der Waals surface area contributed by atoms with Crippen molar-refractivity contribution in [3.63, 3.8) is 0 Å². The van der Waals surface area contributed by atoms with Crippen molar-refractivity contribution in [1.29, 1.82) is 0 Å². The number of halogens is 1. The predicted octanol–water partition coefficient (Wildman–Crippen LogP) is 6.93. The zero-order valence-corrected chi connectivity index (χ0v) is 27.6. The summed E-state index contributed by atoms with van der Waals surface area (Å²) in [5.74, 6) is -0.752. The number of carbonyl (C=O) groups is 2. The minimum absolute atomic E-state index is 0.0328. The highest BCUT2D eigenvalue weighted by Gasteiger charge is 2.35. The van der Waals surface area contributed by atoms with E-state index in [1.165, 1.54) is 4.90 Å². The number of aryl methyl sites for hydroxylation is 1. The topological polar surface area (TPSA) is 86.8 Å². The van der Waals surface area contributed by atoms with Crippen molar-refractivity contribution in [3.8, 4) is 0 Å². The first-order valence-corrected chi connectivity index (χ1v) is 17.6. The highest BCUT2D eigenvalue weighted by molar-refractivity contribution is 7.92. The van der Waals surface area contributed by atoms with Crippen molar-refractivity contribution in [2.75, 3.05) is 10.8 Å². The maximum atomic E-state index is 14.6. The summed E-state index contributed by atoms with van der Waals surface area (Å²) in [7, 11) is -4.14. The van der Waals surface area contributed by atoms with Gasteiger partial charge in [-0.15, -0.1) is 0 Å². The number of sulfonamides is 1. The maximum absolute atomic E-state index is 14.6. The Morgan fingerprint density at radius 2 is 1.46 bits per heavy atom. The Kier molecular flexibility index (Phi) is 11.1. The van der Waals surface area contributed by atoms with Gasteiger partial charge in [-0.05, 0) is 67.3 Å². The molecule has 1 atom stereocenters. The second-order valence-corrected chi connectivity index (χ2v) is 14.2. The summed E-state index contributed by atoms with van der Waals surface area (Å²) >= 11 is 6.34. The average Bonchev–Trinajstić information content (AvgIpc) is 3.06. The normalized spacial score (nSPS) is 14.3. The lowest BCUT2D eigenvalue weighted by Gasteiger charge is -2.35. The Morgan fingerprint density at radius 1 is 0.826 bits per heavy atom.